The average molecular weight is 265 g/mol. The van der Waals surface area contributed by atoms with Gasteiger partial charge in [0.15, 0.2) is 0 Å². The fourth-order valence-electron chi connectivity index (χ4n) is 2.04. The van der Waals surface area contributed by atoms with Crippen LogP contribution in [-0.4, -0.2) is 36.1 Å². The van der Waals surface area contributed by atoms with Crippen molar-refractivity contribution in [2.24, 2.45) is 5.92 Å². The molecular weight excluding hydrogens is 242 g/mol. The van der Waals surface area contributed by atoms with Gasteiger partial charge in [-0.05, 0) is 30.2 Å². The zero-order valence-electron chi connectivity index (χ0n) is 11.4. The highest BCUT2D eigenvalue weighted by Gasteiger charge is 2.12. The first-order valence-corrected chi connectivity index (χ1v) is 7.89. The topological polar surface area (TPSA) is 28.2 Å². The third kappa shape index (κ3) is 4.18. The fourth-order valence-corrected chi connectivity index (χ4v) is 2.94. The maximum atomic E-state index is 4.50. The summed E-state index contributed by atoms with van der Waals surface area (Å²) in [6, 6.07) is 4.33. The van der Waals surface area contributed by atoms with Gasteiger partial charge in [-0.2, -0.15) is 11.8 Å². The van der Waals surface area contributed by atoms with Crippen LogP contribution in [0.2, 0.25) is 0 Å². The van der Waals surface area contributed by atoms with E-state index in [1.165, 1.54) is 17.1 Å². The summed E-state index contributed by atoms with van der Waals surface area (Å²) >= 11 is 2.03. The maximum absolute atomic E-state index is 4.50. The smallest absolute Gasteiger partial charge is 0.128 e. The van der Waals surface area contributed by atoms with Crippen LogP contribution in [0.1, 0.15) is 19.4 Å². The van der Waals surface area contributed by atoms with Crippen molar-refractivity contribution in [2.75, 3.05) is 36.0 Å². The molecule has 2 rings (SSSR count). The Bertz CT molecular complexity index is 362. The van der Waals surface area contributed by atoms with Crippen LogP contribution in [0.25, 0.3) is 0 Å². The third-order valence-corrected chi connectivity index (χ3v) is 3.97. The molecule has 1 aliphatic heterocycles. The summed E-state index contributed by atoms with van der Waals surface area (Å²) in [5, 5.41) is 3.48. The van der Waals surface area contributed by atoms with E-state index in [-0.39, 0.29) is 0 Å². The first kappa shape index (κ1) is 13.7. The van der Waals surface area contributed by atoms with Crippen molar-refractivity contribution in [1.29, 1.82) is 0 Å². The van der Waals surface area contributed by atoms with Crippen LogP contribution in [0.5, 0.6) is 0 Å². The molecule has 0 atom stereocenters. The molecule has 100 valence electrons. The molecule has 4 heteroatoms. The number of aromatic nitrogens is 1. The minimum absolute atomic E-state index is 0.699. The molecule has 3 nitrogen and oxygen atoms in total. The van der Waals surface area contributed by atoms with Crippen LogP contribution in [0.3, 0.4) is 0 Å². The van der Waals surface area contributed by atoms with Crippen LogP contribution in [0, 0.1) is 5.92 Å². The Hall–Kier alpha value is -0.740. The number of nitrogens with zero attached hydrogens (tertiary/aromatic N) is 2. The standard InChI is InChI=1S/C14H23N3S/c1-12(2)10-15-11-13-3-4-16-14(9-13)17-5-7-18-8-6-17/h3-4,9,12,15H,5-8,10-11H2,1-2H3. The Morgan fingerprint density at radius 3 is 2.89 bits per heavy atom. The normalized spacial score (nSPS) is 16.3. The van der Waals surface area contributed by atoms with E-state index in [1.54, 1.807) is 0 Å². The first-order valence-electron chi connectivity index (χ1n) is 6.74. The summed E-state index contributed by atoms with van der Waals surface area (Å²) in [7, 11) is 0. The third-order valence-electron chi connectivity index (χ3n) is 3.03. The number of anilines is 1. The summed E-state index contributed by atoms with van der Waals surface area (Å²) in [6.07, 6.45) is 1.93. The first-order chi connectivity index (χ1) is 8.75. The van der Waals surface area contributed by atoms with Gasteiger partial charge in [0, 0.05) is 37.3 Å². The van der Waals surface area contributed by atoms with Crippen molar-refractivity contribution < 1.29 is 0 Å². The molecule has 0 bridgehead atoms. The molecule has 1 aromatic heterocycles. The Morgan fingerprint density at radius 2 is 2.17 bits per heavy atom. The second kappa shape index (κ2) is 7.00. The number of hydrogen-bond acceptors (Lipinski definition) is 4. The second-order valence-corrected chi connectivity index (χ2v) is 6.37. The second-order valence-electron chi connectivity index (χ2n) is 5.15. The lowest BCUT2D eigenvalue weighted by atomic mass is 10.2. The molecule has 18 heavy (non-hydrogen) atoms. The van der Waals surface area contributed by atoms with Crippen molar-refractivity contribution in [3.63, 3.8) is 0 Å². The molecule has 1 aromatic rings. The van der Waals surface area contributed by atoms with Crippen LogP contribution in [-0.2, 0) is 6.54 Å². The highest BCUT2D eigenvalue weighted by Crippen LogP contribution is 2.17. The number of hydrogen-bond donors (Lipinski definition) is 1. The zero-order valence-corrected chi connectivity index (χ0v) is 12.2. The Kier molecular flexibility index (Phi) is 5.32. The Labute approximate surface area is 114 Å². The molecule has 1 fully saturated rings. The van der Waals surface area contributed by atoms with Gasteiger partial charge in [0.25, 0.3) is 0 Å². The molecule has 0 amide bonds. The van der Waals surface area contributed by atoms with Crippen LogP contribution in [0.15, 0.2) is 18.3 Å². The van der Waals surface area contributed by atoms with Crippen LogP contribution >= 0.6 is 11.8 Å². The van der Waals surface area contributed by atoms with E-state index < -0.39 is 0 Å². The predicted octanol–water partition coefficient (Wildman–Crippen LogP) is 2.38. The van der Waals surface area contributed by atoms with Gasteiger partial charge in [-0.15, -0.1) is 0 Å². The lowest BCUT2D eigenvalue weighted by molar-refractivity contribution is 0.552. The average Bonchev–Trinajstić information content (AvgIpc) is 2.40. The Morgan fingerprint density at radius 1 is 1.39 bits per heavy atom. The molecule has 1 N–H and O–H groups in total. The quantitative estimate of drug-likeness (QED) is 0.885. The molecule has 0 aromatic carbocycles. The van der Waals surface area contributed by atoms with Gasteiger partial charge in [0.1, 0.15) is 5.82 Å². The largest absolute Gasteiger partial charge is 0.355 e. The summed E-state index contributed by atoms with van der Waals surface area (Å²) in [6.45, 7) is 8.72. The molecule has 2 heterocycles. The van der Waals surface area contributed by atoms with E-state index >= 15 is 0 Å². The number of rotatable bonds is 5. The summed E-state index contributed by atoms with van der Waals surface area (Å²) in [5.41, 5.74) is 1.33. The summed E-state index contributed by atoms with van der Waals surface area (Å²) < 4.78 is 0. The van der Waals surface area contributed by atoms with Crippen molar-refractivity contribution in [3.8, 4) is 0 Å². The van der Waals surface area contributed by atoms with E-state index in [0.29, 0.717) is 5.92 Å². The van der Waals surface area contributed by atoms with E-state index in [9.17, 15) is 0 Å². The maximum Gasteiger partial charge on any atom is 0.128 e. The number of nitrogens with one attached hydrogen (secondary N) is 1. The molecule has 0 unspecified atom stereocenters. The molecule has 0 saturated carbocycles. The monoisotopic (exact) mass is 265 g/mol. The van der Waals surface area contributed by atoms with Gasteiger partial charge < -0.3 is 10.2 Å². The van der Waals surface area contributed by atoms with Gasteiger partial charge in [-0.25, -0.2) is 4.98 Å². The van der Waals surface area contributed by atoms with E-state index in [0.717, 1.165) is 32.0 Å². The van der Waals surface area contributed by atoms with Gasteiger partial charge in [0.05, 0.1) is 0 Å². The Balaban J connectivity index is 1.91. The van der Waals surface area contributed by atoms with E-state index in [1.807, 2.05) is 18.0 Å². The summed E-state index contributed by atoms with van der Waals surface area (Å²) in [5.74, 6) is 4.28. The van der Waals surface area contributed by atoms with Crippen molar-refractivity contribution in [3.05, 3.63) is 23.9 Å². The highest BCUT2D eigenvalue weighted by molar-refractivity contribution is 7.99. The molecule has 1 aliphatic rings. The SMILES string of the molecule is CC(C)CNCc1ccnc(N2CCSCC2)c1. The van der Waals surface area contributed by atoms with Gasteiger partial charge in [-0.3, -0.25) is 0 Å². The molecule has 0 radical (unpaired) electrons. The number of thioether (sulfide) groups is 1. The number of pyridine rings is 1. The lowest BCUT2D eigenvalue weighted by Crippen LogP contribution is -2.33. The molecule has 0 spiro atoms. The van der Waals surface area contributed by atoms with E-state index in [2.05, 4.69) is 41.2 Å². The minimum Gasteiger partial charge on any atom is -0.355 e. The van der Waals surface area contributed by atoms with Gasteiger partial charge >= 0.3 is 0 Å². The zero-order chi connectivity index (χ0) is 12.8. The fraction of sp³-hybridized carbons (Fsp3) is 0.643. The molecular formula is C14H23N3S. The van der Waals surface area contributed by atoms with Gasteiger partial charge in [0.2, 0.25) is 0 Å². The summed E-state index contributed by atoms with van der Waals surface area (Å²) in [4.78, 5) is 6.89. The molecule has 1 saturated heterocycles. The van der Waals surface area contributed by atoms with Crippen LogP contribution < -0.4 is 10.2 Å². The van der Waals surface area contributed by atoms with Crippen molar-refractivity contribution in [2.45, 2.75) is 20.4 Å². The highest BCUT2D eigenvalue weighted by atomic mass is 32.2. The minimum atomic E-state index is 0.699. The predicted molar refractivity (Wildman–Crippen MR) is 80.3 cm³/mol. The van der Waals surface area contributed by atoms with Crippen molar-refractivity contribution in [1.82, 2.24) is 10.3 Å². The van der Waals surface area contributed by atoms with Crippen molar-refractivity contribution >= 4 is 17.6 Å². The lowest BCUT2D eigenvalue weighted by Gasteiger charge is -2.27. The van der Waals surface area contributed by atoms with E-state index in [4.69, 9.17) is 0 Å². The van der Waals surface area contributed by atoms with Gasteiger partial charge in [-0.1, -0.05) is 13.8 Å². The van der Waals surface area contributed by atoms with Crippen LogP contribution in [0.4, 0.5) is 5.82 Å². The molecule has 0 aliphatic carbocycles.